The zero-order chi connectivity index (χ0) is 10.7. The van der Waals surface area contributed by atoms with Crippen LogP contribution in [-0.4, -0.2) is 19.8 Å². The lowest BCUT2D eigenvalue weighted by molar-refractivity contribution is 0.468. The van der Waals surface area contributed by atoms with Gasteiger partial charge in [0, 0.05) is 18.4 Å². The molecule has 2 heteroatoms. The van der Waals surface area contributed by atoms with E-state index >= 15 is 0 Å². The Labute approximate surface area is 89.3 Å². The molecule has 0 atom stereocenters. The van der Waals surface area contributed by atoms with E-state index in [-0.39, 0.29) is 0 Å². The summed E-state index contributed by atoms with van der Waals surface area (Å²) in [6, 6.07) is 0. The van der Waals surface area contributed by atoms with Crippen molar-refractivity contribution in [2.45, 2.75) is 46.4 Å². The van der Waals surface area contributed by atoms with E-state index in [9.17, 15) is 0 Å². The van der Waals surface area contributed by atoms with Gasteiger partial charge >= 0.3 is 0 Å². The van der Waals surface area contributed by atoms with Gasteiger partial charge in [-0.15, -0.1) is 0 Å². The molecule has 2 radical (unpaired) electrons. The van der Waals surface area contributed by atoms with Crippen LogP contribution in [0.25, 0.3) is 0 Å². The first-order valence-electron chi connectivity index (χ1n) is 5.48. The molecule has 1 aliphatic heterocycles. The molecule has 0 saturated carbocycles. The molecule has 14 heavy (non-hydrogen) atoms. The van der Waals surface area contributed by atoms with Crippen LogP contribution in [0, 0.1) is 0 Å². The molecular formula is C12H20BN. The minimum absolute atomic E-state index is 0.699. The highest BCUT2D eigenvalue weighted by Gasteiger charge is 2.18. The molecule has 76 valence electrons. The highest BCUT2D eigenvalue weighted by atomic mass is 15.1. The second kappa shape index (κ2) is 4.72. The zero-order valence-electron chi connectivity index (χ0n) is 9.85. The van der Waals surface area contributed by atoms with Crippen molar-refractivity contribution in [3.8, 4) is 0 Å². The summed E-state index contributed by atoms with van der Waals surface area (Å²) in [6.45, 7) is 6.63. The lowest BCUT2D eigenvalue weighted by Crippen LogP contribution is -2.22. The van der Waals surface area contributed by atoms with Gasteiger partial charge in [0.1, 0.15) is 0 Å². The van der Waals surface area contributed by atoms with E-state index in [1.165, 1.54) is 22.5 Å². The highest BCUT2D eigenvalue weighted by molar-refractivity contribution is 6.10. The van der Waals surface area contributed by atoms with E-state index in [0.29, 0.717) is 6.32 Å². The fourth-order valence-corrected chi connectivity index (χ4v) is 2.22. The van der Waals surface area contributed by atoms with Crippen molar-refractivity contribution in [3.05, 3.63) is 22.5 Å². The molecule has 1 heterocycles. The number of hydrogen-bond donors (Lipinski definition) is 0. The minimum Gasteiger partial charge on any atom is -0.352 e. The lowest BCUT2D eigenvalue weighted by Gasteiger charge is -2.33. The molecule has 0 unspecified atom stereocenters. The van der Waals surface area contributed by atoms with Crippen molar-refractivity contribution >= 4 is 7.85 Å². The molecule has 0 aromatic rings. The minimum atomic E-state index is 0.699. The normalized spacial score (nSPS) is 18.1. The molecule has 0 fully saturated rings. The van der Waals surface area contributed by atoms with Gasteiger partial charge in [-0.25, -0.2) is 0 Å². The number of allylic oxidation sites excluding steroid dienone is 4. The van der Waals surface area contributed by atoms with E-state index in [1.54, 1.807) is 0 Å². The summed E-state index contributed by atoms with van der Waals surface area (Å²) in [5, 5.41) is 0. The molecule has 0 saturated heterocycles. The van der Waals surface area contributed by atoms with Crippen molar-refractivity contribution < 1.29 is 0 Å². The molecule has 0 aromatic carbocycles. The Morgan fingerprint density at radius 3 is 2.29 bits per heavy atom. The van der Waals surface area contributed by atoms with Gasteiger partial charge in [0.2, 0.25) is 0 Å². The SMILES string of the molecule is [B]CC1=C(CC)N(C)C(C)=C(CC)C1. The predicted octanol–water partition coefficient (Wildman–Crippen LogP) is 3.26. The van der Waals surface area contributed by atoms with Crippen molar-refractivity contribution in [1.29, 1.82) is 0 Å². The van der Waals surface area contributed by atoms with Gasteiger partial charge in [0.05, 0.1) is 7.85 Å². The van der Waals surface area contributed by atoms with Gasteiger partial charge in [-0.3, -0.25) is 0 Å². The maximum absolute atomic E-state index is 5.79. The van der Waals surface area contributed by atoms with Crippen molar-refractivity contribution in [2.24, 2.45) is 0 Å². The summed E-state index contributed by atoms with van der Waals surface area (Å²) in [4.78, 5) is 2.31. The van der Waals surface area contributed by atoms with Crippen molar-refractivity contribution in [2.75, 3.05) is 7.05 Å². The first-order chi connectivity index (χ1) is 6.65. The first kappa shape index (κ1) is 11.4. The third kappa shape index (κ3) is 1.89. The van der Waals surface area contributed by atoms with Crippen LogP contribution in [0.3, 0.4) is 0 Å². The summed E-state index contributed by atoms with van der Waals surface area (Å²) < 4.78 is 0. The van der Waals surface area contributed by atoms with E-state index < -0.39 is 0 Å². The Kier molecular flexibility index (Phi) is 3.85. The molecular weight excluding hydrogens is 169 g/mol. The smallest absolute Gasteiger partial charge is 0.0713 e. The van der Waals surface area contributed by atoms with Gasteiger partial charge < -0.3 is 4.90 Å². The van der Waals surface area contributed by atoms with Crippen LogP contribution in [-0.2, 0) is 0 Å². The summed E-state index contributed by atoms with van der Waals surface area (Å²) in [7, 11) is 7.94. The summed E-state index contributed by atoms with van der Waals surface area (Å²) in [5.41, 5.74) is 5.78. The average Bonchev–Trinajstić information content (AvgIpc) is 2.21. The van der Waals surface area contributed by atoms with Crippen LogP contribution in [0.15, 0.2) is 22.5 Å². The molecule has 0 N–H and O–H groups in total. The summed E-state index contributed by atoms with van der Waals surface area (Å²) >= 11 is 0. The van der Waals surface area contributed by atoms with E-state index in [4.69, 9.17) is 7.85 Å². The van der Waals surface area contributed by atoms with Crippen molar-refractivity contribution in [1.82, 2.24) is 4.90 Å². The second-order valence-electron chi connectivity index (χ2n) is 3.89. The Morgan fingerprint density at radius 1 is 1.21 bits per heavy atom. The van der Waals surface area contributed by atoms with Gasteiger partial charge in [0.15, 0.2) is 0 Å². The Balaban J connectivity index is 3.01. The predicted molar refractivity (Wildman–Crippen MR) is 63.2 cm³/mol. The van der Waals surface area contributed by atoms with Crippen LogP contribution < -0.4 is 0 Å². The van der Waals surface area contributed by atoms with Crippen LogP contribution >= 0.6 is 0 Å². The molecule has 0 bridgehead atoms. The molecule has 0 aliphatic carbocycles. The molecule has 0 amide bonds. The monoisotopic (exact) mass is 189 g/mol. The Bertz CT molecular complexity index is 276. The van der Waals surface area contributed by atoms with Gasteiger partial charge in [-0.2, -0.15) is 0 Å². The van der Waals surface area contributed by atoms with Gasteiger partial charge in [0.25, 0.3) is 0 Å². The quantitative estimate of drug-likeness (QED) is 0.616. The van der Waals surface area contributed by atoms with Gasteiger partial charge in [-0.1, -0.05) is 25.7 Å². The molecule has 1 nitrogen and oxygen atoms in total. The van der Waals surface area contributed by atoms with Crippen LogP contribution in [0.1, 0.15) is 40.0 Å². The fourth-order valence-electron chi connectivity index (χ4n) is 2.22. The van der Waals surface area contributed by atoms with Crippen LogP contribution in [0.5, 0.6) is 0 Å². The lowest BCUT2D eigenvalue weighted by atomic mass is 9.85. The largest absolute Gasteiger partial charge is 0.352 e. The maximum atomic E-state index is 5.79. The maximum Gasteiger partial charge on any atom is 0.0713 e. The molecule has 1 aliphatic rings. The Morgan fingerprint density at radius 2 is 1.86 bits per heavy atom. The molecule has 1 rings (SSSR count). The Hall–Kier alpha value is -0.655. The number of rotatable bonds is 3. The highest BCUT2D eigenvalue weighted by Crippen LogP contribution is 2.33. The standard InChI is InChI=1S/C12H20BN/c1-5-10-7-11(8-13)12(6-2)14(4)9(10)3/h5-8H2,1-4H3. The van der Waals surface area contributed by atoms with E-state index in [0.717, 1.165) is 19.3 Å². The first-order valence-corrected chi connectivity index (χ1v) is 5.48. The zero-order valence-corrected chi connectivity index (χ0v) is 9.85. The van der Waals surface area contributed by atoms with Crippen LogP contribution in [0.4, 0.5) is 0 Å². The van der Waals surface area contributed by atoms with Crippen molar-refractivity contribution in [3.63, 3.8) is 0 Å². The summed E-state index contributed by atoms with van der Waals surface area (Å²) in [6.07, 6.45) is 4.00. The number of hydrogen-bond acceptors (Lipinski definition) is 1. The molecule has 0 aromatic heterocycles. The topological polar surface area (TPSA) is 3.24 Å². The number of nitrogens with zero attached hydrogens (tertiary/aromatic N) is 1. The summed E-state index contributed by atoms with van der Waals surface area (Å²) in [5.74, 6) is 0. The van der Waals surface area contributed by atoms with Crippen LogP contribution in [0.2, 0.25) is 6.32 Å². The molecule has 0 spiro atoms. The third-order valence-electron chi connectivity index (χ3n) is 3.26. The van der Waals surface area contributed by atoms with E-state index in [1.807, 2.05) is 0 Å². The van der Waals surface area contributed by atoms with E-state index in [2.05, 4.69) is 32.7 Å². The average molecular weight is 189 g/mol. The second-order valence-corrected chi connectivity index (χ2v) is 3.89. The third-order valence-corrected chi connectivity index (χ3v) is 3.26. The van der Waals surface area contributed by atoms with Gasteiger partial charge in [-0.05, 0) is 31.8 Å². The fraction of sp³-hybridized carbons (Fsp3) is 0.667.